The van der Waals surface area contributed by atoms with Crippen molar-refractivity contribution in [1.82, 2.24) is 4.90 Å². The minimum atomic E-state index is 0.235. The number of nitrogens with zero attached hydrogens (tertiary/aromatic N) is 1. The third-order valence-electron chi connectivity index (χ3n) is 1.51. The summed E-state index contributed by atoms with van der Waals surface area (Å²) in [5.41, 5.74) is 0. The van der Waals surface area contributed by atoms with Crippen molar-refractivity contribution in [2.45, 2.75) is 13.0 Å². The van der Waals surface area contributed by atoms with Crippen molar-refractivity contribution in [1.29, 1.82) is 0 Å². The predicted molar refractivity (Wildman–Crippen MR) is 37.3 cm³/mol. The van der Waals surface area contributed by atoms with Crippen LogP contribution in [-0.2, 0) is 9.53 Å². The van der Waals surface area contributed by atoms with E-state index in [9.17, 15) is 4.79 Å². The molecule has 0 amide bonds. The van der Waals surface area contributed by atoms with Gasteiger partial charge in [-0.25, -0.2) is 4.79 Å². The van der Waals surface area contributed by atoms with E-state index in [0.29, 0.717) is 6.61 Å². The maximum Gasteiger partial charge on any atom is 0.142 e. The van der Waals surface area contributed by atoms with Gasteiger partial charge in [0.15, 0.2) is 0 Å². The van der Waals surface area contributed by atoms with Crippen molar-refractivity contribution in [3.8, 4) is 0 Å². The summed E-state index contributed by atoms with van der Waals surface area (Å²) in [6.45, 7) is 4.30. The topological polar surface area (TPSA) is 29.5 Å². The van der Waals surface area contributed by atoms with E-state index in [4.69, 9.17) is 4.74 Å². The van der Waals surface area contributed by atoms with E-state index in [2.05, 4.69) is 0 Å². The van der Waals surface area contributed by atoms with Crippen molar-refractivity contribution in [3.63, 3.8) is 0 Å². The molecule has 3 nitrogen and oxygen atoms in total. The molecule has 1 aliphatic heterocycles. The zero-order valence-electron chi connectivity index (χ0n) is 6.04. The number of carbonyl (C=O) groups excluding carboxylic acids is 1. The van der Waals surface area contributed by atoms with Gasteiger partial charge in [0.05, 0.1) is 18.9 Å². The Morgan fingerprint density at radius 3 is 3.20 bits per heavy atom. The van der Waals surface area contributed by atoms with Crippen LogP contribution in [0.15, 0.2) is 6.20 Å². The highest BCUT2D eigenvalue weighted by Gasteiger charge is 2.12. The Balaban J connectivity index is 2.39. The molecule has 1 atom stereocenters. The average molecular weight is 141 g/mol. The van der Waals surface area contributed by atoms with Crippen molar-refractivity contribution in [2.75, 3.05) is 19.7 Å². The van der Waals surface area contributed by atoms with Gasteiger partial charge in [0.1, 0.15) is 5.94 Å². The lowest BCUT2D eigenvalue weighted by Gasteiger charge is -2.28. The third-order valence-corrected chi connectivity index (χ3v) is 1.51. The van der Waals surface area contributed by atoms with Gasteiger partial charge in [0, 0.05) is 13.1 Å². The summed E-state index contributed by atoms with van der Waals surface area (Å²) in [7, 11) is 0. The van der Waals surface area contributed by atoms with E-state index in [1.54, 1.807) is 5.94 Å². The fourth-order valence-corrected chi connectivity index (χ4v) is 1.04. The van der Waals surface area contributed by atoms with Gasteiger partial charge in [0.2, 0.25) is 0 Å². The molecule has 1 rings (SSSR count). The van der Waals surface area contributed by atoms with Crippen molar-refractivity contribution < 1.29 is 9.53 Å². The fraction of sp³-hybridized carbons (Fsp3) is 0.714. The zero-order valence-corrected chi connectivity index (χ0v) is 6.04. The monoisotopic (exact) mass is 141 g/mol. The molecule has 0 spiro atoms. The maximum atomic E-state index is 9.92. The molecule has 0 bridgehead atoms. The standard InChI is InChI=1S/C7H11NO2/c1-7-6-8(2-4-9)3-5-10-7/h2,7H,3,5-6H2,1H3. The third kappa shape index (κ3) is 1.87. The molecule has 1 heterocycles. The zero-order chi connectivity index (χ0) is 7.40. The largest absolute Gasteiger partial charge is 0.375 e. The first kappa shape index (κ1) is 7.32. The second-order valence-electron chi connectivity index (χ2n) is 2.42. The lowest BCUT2D eigenvalue weighted by atomic mass is 10.3. The van der Waals surface area contributed by atoms with Crippen LogP contribution in [0.5, 0.6) is 0 Å². The first-order chi connectivity index (χ1) is 4.83. The van der Waals surface area contributed by atoms with E-state index in [0.717, 1.165) is 13.1 Å². The van der Waals surface area contributed by atoms with Gasteiger partial charge in [0.25, 0.3) is 0 Å². The number of morpholine rings is 1. The summed E-state index contributed by atoms with van der Waals surface area (Å²) in [5, 5.41) is 0. The molecular formula is C7H11NO2. The van der Waals surface area contributed by atoms with Gasteiger partial charge in [-0.1, -0.05) is 0 Å². The van der Waals surface area contributed by atoms with Crippen LogP contribution in [0.1, 0.15) is 6.92 Å². The highest BCUT2D eigenvalue weighted by Crippen LogP contribution is 2.02. The molecular weight excluding hydrogens is 130 g/mol. The Morgan fingerprint density at radius 2 is 2.60 bits per heavy atom. The molecule has 0 aliphatic carbocycles. The first-order valence-electron chi connectivity index (χ1n) is 3.39. The van der Waals surface area contributed by atoms with Gasteiger partial charge in [-0.3, -0.25) is 0 Å². The second kappa shape index (κ2) is 3.40. The van der Waals surface area contributed by atoms with Crippen LogP contribution >= 0.6 is 0 Å². The summed E-state index contributed by atoms with van der Waals surface area (Å²) < 4.78 is 5.26. The molecule has 0 N–H and O–H groups in total. The molecule has 0 saturated carbocycles. The number of ether oxygens (including phenoxy) is 1. The highest BCUT2D eigenvalue weighted by atomic mass is 16.5. The number of hydrogen-bond donors (Lipinski definition) is 0. The van der Waals surface area contributed by atoms with Crippen LogP contribution in [0, 0.1) is 0 Å². The van der Waals surface area contributed by atoms with E-state index >= 15 is 0 Å². The molecule has 0 aromatic rings. The van der Waals surface area contributed by atoms with Crippen LogP contribution in [0.2, 0.25) is 0 Å². The summed E-state index contributed by atoms with van der Waals surface area (Å²) in [6.07, 6.45) is 1.68. The SMILES string of the molecule is CC1CN(C=C=O)CCO1. The molecule has 1 fully saturated rings. The Morgan fingerprint density at radius 1 is 1.80 bits per heavy atom. The highest BCUT2D eigenvalue weighted by molar-refractivity contribution is 5.44. The molecule has 1 saturated heterocycles. The quantitative estimate of drug-likeness (QED) is 0.483. The molecule has 0 aromatic carbocycles. The van der Waals surface area contributed by atoms with Gasteiger partial charge >= 0.3 is 0 Å². The predicted octanol–water partition coefficient (Wildman–Crippen LogP) is 0.0524. The molecule has 56 valence electrons. The van der Waals surface area contributed by atoms with E-state index in [1.165, 1.54) is 6.20 Å². The maximum absolute atomic E-state index is 9.92. The molecule has 10 heavy (non-hydrogen) atoms. The molecule has 1 aliphatic rings. The van der Waals surface area contributed by atoms with E-state index < -0.39 is 0 Å². The van der Waals surface area contributed by atoms with Gasteiger partial charge < -0.3 is 9.64 Å². The molecule has 0 radical (unpaired) electrons. The van der Waals surface area contributed by atoms with Crippen molar-refractivity contribution in [3.05, 3.63) is 6.20 Å². The lowest BCUT2D eigenvalue weighted by Crippen LogP contribution is -2.37. The minimum Gasteiger partial charge on any atom is -0.375 e. The van der Waals surface area contributed by atoms with Gasteiger partial charge in [-0.05, 0) is 6.92 Å². The molecule has 1 unspecified atom stereocenters. The molecule has 3 heteroatoms. The number of rotatable bonds is 1. The Kier molecular flexibility index (Phi) is 2.49. The Bertz CT molecular complexity index is 152. The van der Waals surface area contributed by atoms with Crippen LogP contribution < -0.4 is 0 Å². The van der Waals surface area contributed by atoms with Crippen molar-refractivity contribution >= 4 is 5.94 Å². The first-order valence-corrected chi connectivity index (χ1v) is 3.39. The Labute approximate surface area is 60.3 Å². The Hall–Kier alpha value is -0.790. The fourth-order valence-electron chi connectivity index (χ4n) is 1.04. The summed E-state index contributed by atoms with van der Waals surface area (Å²) in [6, 6.07) is 0. The normalized spacial score (nSPS) is 25.7. The van der Waals surface area contributed by atoms with Crippen LogP contribution in [-0.4, -0.2) is 36.6 Å². The summed E-state index contributed by atoms with van der Waals surface area (Å²) in [4.78, 5) is 11.8. The summed E-state index contributed by atoms with van der Waals surface area (Å²) in [5.74, 6) is 1.75. The van der Waals surface area contributed by atoms with E-state index in [-0.39, 0.29) is 6.10 Å². The smallest absolute Gasteiger partial charge is 0.142 e. The number of hydrogen-bond acceptors (Lipinski definition) is 3. The van der Waals surface area contributed by atoms with Gasteiger partial charge in [-0.2, -0.15) is 0 Å². The van der Waals surface area contributed by atoms with Crippen molar-refractivity contribution in [2.24, 2.45) is 0 Å². The summed E-state index contributed by atoms with van der Waals surface area (Å²) >= 11 is 0. The average Bonchev–Trinajstić information content (AvgIpc) is 1.88. The van der Waals surface area contributed by atoms with E-state index in [1.807, 2.05) is 11.8 Å². The van der Waals surface area contributed by atoms with Gasteiger partial charge in [-0.15, -0.1) is 0 Å². The molecule has 0 aromatic heterocycles. The lowest BCUT2D eigenvalue weighted by molar-refractivity contribution is -0.000934. The van der Waals surface area contributed by atoms with Crippen LogP contribution in [0.25, 0.3) is 0 Å². The minimum absolute atomic E-state index is 0.235. The second-order valence-corrected chi connectivity index (χ2v) is 2.42. The van der Waals surface area contributed by atoms with Crippen LogP contribution in [0.3, 0.4) is 0 Å². The van der Waals surface area contributed by atoms with Crippen LogP contribution in [0.4, 0.5) is 0 Å².